The number of aromatic hydroxyl groups is 2. The van der Waals surface area contributed by atoms with Crippen LogP contribution >= 0.6 is 0 Å². The Kier molecular flexibility index (Phi) is 3.41. The monoisotopic (exact) mass is 314 g/mol. The van der Waals surface area contributed by atoms with Crippen LogP contribution in [-0.2, 0) is 5.41 Å². The second-order valence-corrected chi connectivity index (χ2v) is 7.13. The molecule has 4 nitrogen and oxygen atoms in total. The van der Waals surface area contributed by atoms with Crippen molar-refractivity contribution < 1.29 is 20.1 Å². The van der Waals surface area contributed by atoms with Crippen molar-refractivity contribution in [2.24, 2.45) is 0 Å². The number of phenolic OH excluding ortho intramolecular Hbond substituents is 2. The van der Waals surface area contributed by atoms with Gasteiger partial charge in [0.2, 0.25) is 0 Å². The number of benzene rings is 1. The van der Waals surface area contributed by atoms with E-state index in [-0.39, 0.29) is 28.8 Å². The highest BCUT2D eigenvalue weighted by Crippen LogP contribution is 2.52. The zero-order valence-corrected chi connectivity index (χ0v) is 13.8. The van der Waals surface area contributed by atoms with Gasteiger partial charge in [-0.3, -0.25) is 4.79 Å². The minimum atomic E-state index is -0.709. The molecule has 1 unspecified atom stereocenters. The molecule has 2 aliphatic rings. The van der Waals surface area contributed by atoms with E-state index in [0.717, 1.165) is 0 Å². The first-order valence-electron chi connectivity index (χ1n) is 7.89. The molecule has 1 aromatic carbocycles. The van der Waals surface area contributed by atoms with E-state index in [1.54, 1.807) is 13.0 Å². The zero-order valence-electron chi connectivity index (χ0n) is 13.8. The highest BCUT2D eigenvalue weighted by atomic mass is 16.3. The lowest BCUT2D eigenvalue weighted by atomic mass is 9.70. The van der Waals surface area contributed by atoms with Crippen LogP contribution in [0.15, 0.2) is 24.3 Å². The SMILES string of the molecule is CC(O)[C@H]1C=C[C@@H](C)c2c(O)c3c(c(O)c21)C(C)(C)C=CC3=O. The maximum Gasteiger partial charge on any atom is 0.189 e. The number of fused-ring (bicyclic) bond motifs is 2. The summed E-state index contributed by atoms with van der Waals surface area (Å²) in [5, 5.41) is 31.8. The third kappa shape index (κ3) is 2.12. The maximum absolute atomic E-state index is 12.3. The van der Waals surface area contributed by atoms with Gasteiger partial charge in [0, 0.05) is 33.9 Å². The lowest BCUT2D eigenvalue weighted by Crippen LogP contribution is -2.27. The van der Waals surface area contributed by atoms with Crippen LogP contribution in [0.4, 0.5) is 0 Å². The maximum atomic E-state index is 12.3. The van der Waals surface area contributed by atoms with E-state index in [4.69, 9.17) is 0 Å². The molecule has 2 aliphatic carbocycles. The van der Waals surface area contributed by atoms with E-state index >= 15 is 0 Å². The van der Waals surface area contributed by atoms with Crippen molar-refractivity contribution in [3.8, 4) is 11.5 Å². The number of rotatable bonds is 1. The van der Waals surface area contributed by atoms with Crippen LogP contribution in [-0.4, -0.2) is 27.2 Å². The van der Waals surface area contributed by atoms with Crippen molar-refractivity contribution in [2.75, 3.05) is 0 Å². The van der Waals surface area contributed by atoms with Gasteiger partial charge in [0.25, 0.3) is 0 Å². The minimum absolute atomic E-state index is 0.0117. The van der Waals surface area contributed by atoms with Gasteiger partial charge in [-0.2, -0.15) is 0 Å². The van der Waals surface area contributed by atoms with Crippen LogP contribution in [0.2, 0.25) is 0 Å². The van der Waals surface area contributed by atoms with Crippen LogP contribution < -0.4 is 0 Å². The molecule has 0 amide bonds. The summed E-state index contributed by atoms with van der Waals surface area (Å²) in [5.74, 6) is -0.909. The molecule has 0 heterocycles. The number of aliphatic hydroxyl groups is 1. The Balaban J connectivity index is 2.43. The minimum Gasteiger partial charge on any atom is -0.507 e. The van der Waals surface area contributed by atoms with Gasteiger partial charge < -0.3 is 15.3 Å². The van der Waals surface area contributed by atoms with Gasteiger partial charge in [-0.05, 0) is 13.0 Å². The van der Waals surface area contributed by atoms with Crippen LogP contribution in [0.25, 0.3) is 0 Å². The third-order valence-electron chi connectivity index (χ3n) is 4.98. The summed E-state index contributed by atoms with van der Waals surface area (Å²) in [6, 6.07) is 0. The molecule has 3 N–H and O–H groups in total. The number of aliphatic hydroxyl groups excluding tert-OH is 1. The van der Waals surface area contributed by atoms with E-state index in [0.29, 0.717) is 16.7 Å². The molecule has 0 saturated carbocycles. The molecule has 4 heteroatoms. The normalized spacial score (nSPS) is 25.9. The van der Waals surface area contributed by atoms with E-state index in [2.05, 4.69) is 0 Å². The van der Waals surface area contributed by atoms with Gasteiger partial charge in [0.05, 0.1) is 11.7 Å². The standard InChI is InChI=1S/C19H22O4/c1-9-5-6-11(10(2)20)14-13(9)17(22)15-12(21)7-8-19(3,4)16(15)18(14)23/h5-11,20,22-23H,1-4H3/t9-,10?,11-/m1/s1. The van der Waals surface area contributed by atoms with Crippen molar-refractivity contribution >= 4 is 5.78 Å². The number of ketones is 1. The fraction of sp³-hybridized carbons (Fsp3) is 0.421. The van der Waals surface area contributed by atoms with Crippen molar-refractivity contribution in [1.29, 1.82) is 0 Å². The lowest BCUT2D eigenvalue weighted by molar-refractivity contribution is 0.103. The number of hydrogen-bond donors (Lipinski definition) is 3. The van der Waals surface area contributed by atoms with Crippen molar-refractivity contribution in [2.45, 2.75) is 51.0 Å². The number of hydrogen-bond acceptors (Lipinski definition) is 4. The number of phenols is 2. The van der Waals surface area contributed by atoms with Gasteiger partial charge in [-0.15, -0.1) is 0 Å². The Bertz CT molecular complexity index is 753. The summed E-state index contributed by atoms with van der Waals surface area (Å²) in [7, 11) is 0. The molecule has 0 aromatic heterocycles. The largest absolute Gasteiger partial charge is 0.507 e. The molecule has 0 saturated heterocycles. The van der Waals surface area contributed by atoms with Crippen LogP contribution in [0.5, 0.6) is 11.5 Å². The number of carbonyl (C=O) groups excluding carboxylic acids is 1. The van der Waals surface area contributed by atoms with Crippen LogP contribution in [0, 0.1) is 0 Å². The Hall–Kier alpha value is -2.07. The summed E-state index contributed by atoms with van der Waals surface area (Å²) >= 11 is 0. The molecule has 122 valence electrons. The van der Waals surface area contributed by atoms with E-state index < -0.39 is 17.4 Å². The fourth-order valence-corrected chi connectivity index (χ4v) is 3.76. The highest BCUT2D eigenvalue weighted by Gasteiger charge is 2.40. The highest BCUT2D eigenvalue weighted by molar-refractivity contribution is 6.10. The molecule has 0 aliphatic heterocycles. The van der Waals surface area contributed by atoms with E-state index in [1.165, 1.54) is 6.08 Å². The van der Waals surface area contributed by atoms with Crippen LogP contribution in [0.1, 0.15) is 66.6 Å². The summed E-state index contributed by atoms with van der Waals surface area (Å²) < 4.78 is 0. The molecule has 1 aromatic rings. The molecule has 3 atom stereocenters. The molecule has 23 heavy (non-hydrogen) atoms. The summed E-state index contributed by atoms with van der Waals surface area (Å²) in [4.78, 5) is 12.3. The van der Waals surface area contributed by atoms with Crippen molar-refractivity contribution in [3.05, 3.63) is 46.6 Å². The Morgan fingerprint density at radius 2 is 1.78 bits per heavy atom. The molecule has 0 bridgehead atoms. The quantitative estimate of drug-likeness (QED) is 0.549. The first-order valence-corrected chi connectivity index (χ1v) is 7.89. The van der Waals surface area contributed by atoms with Gasteiger partial charge >= 0.3 is 0 Å². The zero-order chi connectivity index (χ0) is 17.1. The average molecular weight is 314 g/mol. The third-order valence-corrected chi connectivity index (χ3v) is 4.98. The molecular weight excluding hydrogens is 292 g/mol. The van der Waals surface area contributed by atoms with Crippen molar-refractivity contribution in [1.82, 2.24) is 0 Å². The first kappa shape index (κ1) is 15.8. The molecule has 0 fully saturated rings. The fourth-order valence-electron chi connectivity index (χ4n) is 3.76. The molecule has 3 rings (SSSR count). The second kappa shape index (κ2) is 4.96. The van der Waals surface area contributed by atoms with Gasteiger partial charge in [0.15, 0.2) is 5.78 Å². The smallest absolute Gasteiger partial charge is 0.189 e. The van der Waals surface area contributed by atoms with Crippen LogP contribution in [0.3, 0.4) is 0 Å². The Morgan fingerprint density at radius 3 is 2.39 bits per heavy atom. The molecule has 0 radical (unpaired) electrons. The Labute approximate surface area is 135 Å². The molecule has 0 spiro atoms. The Morgan fingerprint density at radius 1 is 1.13 bits per heavy atom. The summed E-state index contributed by atoms with van der Waals surface area (Å²) in [6.07, 6.45) is 6.22. The van der Waals surface area contributed by atoms with E-state index in [1.807, 2.05) is 32.9 Å². The second-order valence-electron chi connectivity index (χ2n) is 7.13. The van der Waals surface area contributed by atoms with Gasteiger partial charge in [-0.25, -0.2) is 0 Å². The number of carbonyl (C=O) groups is 1. The van der Waals surface area contributed by atoms with Gasteiger partial charge in [0.1, 0.15) is 11.5 Å². The average Bonchev–Trinajstić information content (AvgIpc) is 2.46. The topological polar surface area (TPSA) is 77.8 Å². The first-order chi connectivity index (χ1) is 10.7. The predicted molar refractivity (Wildman–Crippen MR) is 88.2 cm³/mol. The summed E-state index contributed by atoms with van der Waals surface area (Å²) in [5.41, 5.74) is 1.11. The predicted octanol–water partition coefficient (Wildman–Crippen LogP) is 3.27. The number of allylic oxidation sites excluding steroid dienone is 3. The summed E-state index contributed by atoms with van der Waals surface area (Å²) in [6.45, 7) is 7.33. The van der Waals surface area contributed by atoms with E-state index in [9.17, 15) is 20.1 Å². The van der Waals surface area contributed by atoms with Crippen molar-refractivity contribution in [3.63, 3.8) is 0 Å². The molecular formula is C19H22O4. The van der Waals surface area contributed by atoms with Gasteiger partial charge in [-0.1, -0.05) is 39.0 Å². The lowest BCUT2D eigenvalue weighted by Gasteiger charge is -2.35.